The van der Waals surface area contributed by atoms with Crippen molar-refractivity contribution >= 4 is 69.1 Å². The molecule has 0 radical (unpaired) electrons. The Morgan fingerprint density at radius 3 is 1.91 bits per heavy atom. The van der Waals surface area contributed by atoms with Crippen molar-refractivity contribution in [2.75, 3.05) is 0 Å². The van der Waals surface area contributed by atoms with Crippen LogP contribution in [0, 0.1) is 0 Å². The minimum Gasteiger partial charge on any atom is -0.543 e. The van der Waals surface area contributed by atoms with Gasteiger partial charge >= 0.3 is 0 Å². The van der Waals surface area contributed by atoms with Gasteiger partial charge < -0.3 is 18.4 Å². The van der Waals surface area contributed by atoms with Gasteiger partial charge in [0, 0.05) is 22.7 Å². The minimum absolute atomic E-state index is 0.0110. The first-order chi connectivity index (χ1) is 21.2. The van der Waals surface area contributed by atoms with E-state index in [9.17, 15) is 9.59 Å². The number of hydrogen-bond donors (Lipinski definition) is 1. The zero-order valence-corrected chi connectivity index (χ0v) is 35.7. The maximum atomic E-state index is 14.5. The third kappa shape index (κ3) is 6.93. The monoisotopic (exact) mass is 755 g/mol. The van der Waals surface area contributed by atoms with E-state index in [0.717, 1.165) is 22.2 Å². The first-order valence-electron chi connectivity index (χ1n) is 16.4. The summed E-state index contributed by atoms with van der Waals surface area (Å²) in [5.74, 6) is 0.194. The molecule has 3 heterocycles. The summed E-state index contributed by atoms with van der Waals surface area (Å²) in [4.78, 5) is 36.8. The number of nitrogens with zero attached hydrogens (tertiary/aromatic N) is 2. The zero-order chi connectivity index (χ0) is 35.7. The van der Waals surface area contributed by atoms with E-state index in [-0.39, 0.29) is 31.4 Å². The normalized spacial score (nSPS) is 15.8. The lowest BCUT2D eigenvalue weighted by Crippen LogP contribution is -2.57. The van der Waals surface area contributed by atoms with E-state index >= 15 is 0 Å². The minimum atomic E-state index is -2.56. The summed E-state index contributed by atoms with van der Waals surface area (Å²) in [5, 5.41) is 0.709. The van der Waals surface area contributed by atoms with Gasteiger partial charge in [-0.25, -0.2) is 0 Å². The predicted molar refractivity (Wildman–Crippen MR) is 206 cm³/mol. The standard InChI is InChI=1S/C36H54BrN3O4Si3/c1-34(2,3)45(10,11)40-32(41)29(30(37)33(40)42)28-25-20-24(44-47(14,15)36(7,8)9)17-19-26(25)39-31(28)27-18-16-23(21-38-27)22-43-46(12,13)35(4,5)6/h16-21,39H,22H2,1-15H3. The van der Waals surface area contributed by atoms with E-state index in [1.807, 2.05) is 36.5 Å². The molecule has 1 aliphatic rings. The number of benzene rings is 1. The number of pyridine rings is 1. The number of fused-ring (bicyclic) bond motifs is 1. The SMILES string of the molecule is CC(C)(C)[Si](C)(C)OCc1ccc(-c2[nH]c3ccc(O[Si](C)(C)C(C)(C)C)cc3c2C2=C(Br)C(=O)N([Si](C)(C)C(C)(C)C)C2=O)nc1. The average molecular weight is 757 g/mol. The highest BCUT2D eigenvalue weighted by atomic mass is 79.9. The van der Waals surface area contributed by atoms with Crippen molar-refractivity contribution in [3.8, 4) is 17.1 Å². The molecule has 47 heavy (non-hydrogen) atoms. The largest absolute Gasteiger partial charge is 0.543 e. The van der Waals surface area contributed by atoms with E-state index in [2.05, 4.69) is 123 Å². The molecule has 0 saturated heterocycles. The highest BCUT2D eigenvalue weighted by Crippen LogP contribution is 2.48. The summed E-state index contributed by atoms with van der Waals surface area (Å²) >= 11 is 3.60. The topological polar surface area (TPSA) is 84.5 Å². The number of H-pyrrole nitrogens is 1. The van der Waals surface area contributed by atoms with Crippen molar-refractivity contribution in [2.45, 2.75) is 123 Å². The zero-order valence-electron chi connectivity index (χ0n) is 31.1. The summed E-state index contributed by atoms with van der Waals surface area (Å²) in [6.45, 7) is 33.2. The van der Waals surface area contributed by atoms with Crippen LogP contribution in [-0.4, -0.2) is 51.2 Å². The molecular formula is C36H54BrN3O4Si3. The third-order valence-electron chi connectivity index (χ3n) is 11.1. The summed E-state index contributed by atoms with van der Waals surface area (Å²) in [7, 11) is -6.64. The van der Waals surface area contributed by atoms with Crippen LogP contribution < -0.4 is 4.43 Å². The molecule has 0 atom stereocenters. The molecule has 2 aromatic heterocycles. The first kappa shape index (κ1) is 37.5. The van der Waals surface area contributed by atoms with E-state index in [1.165, 1.54) is 0 Å². The number of imide groups is 1. The quantitative estimate of drug-likeness (QED) is 0.183. The summed E-state index contributed by atoms with van der Waals surface area (Å²) < 4.78 is 15.0. The molecule has 1 aromatic carbocycles. The Balaban J connectivity index is 1.88. The van der Waals surface area contributed by atoms with Crippen molar-refractivity contribution in [1.29, 1.82) is 0 Å². The second-order valence-electron chi connectivity index (χ2n) is 17.5. The second-order valence-corrected chi connectivity index (χ2v) is 32.9. The molecule has 0 unspecified atom stereocenters. The Kier molecular flexibility index (Phi) is 9.75. The van der Waals surface area contributed by atoms with Crippen LogP contribution in [0.25, 0.3) is 27.9 Å². The molecule has 7 nitrogen and oxygen atoms in total. The molecular weight excluding hydrogens is 703 g/mol. The van der Waals surface area contributed by atoms with Gasteiger partial charge in [-0.2, -0.15) is 0 Å². The Morgan fingerprint density at radius 2 is 1.40 bits per heavy atom. The lowest BCUT2D eigenvalue weighted by atomic mass is 10.00. The molecule has 2 amide bonds. The van der Waals surface area contributed by atoms with Gasteiger partial charge in [0.2, 0.25) is 8.32 Å². The van der Waals surface area contributed by atoms with Crippen molar-refractivity contribution in [2.24, 2.45) is 0 Å². The first-order valence-corrected chi connectivity index (χ1v) is 26.0. The van der Waals surface area contributed by atoms with Gasteiger partial charge in [0.25, 0.3) is 11.8 Å². The lowest BCUT2D eigenvalue weighted by molar-refractivity contribution is -0.131. The van der Waals surface area contributed by atoms with E-state index < -0.39 is 24.9 Å². The third-order valence-corrected chi connectivity index (χ3v) is 25.9. The number of halogens is 1. The van der Waals surface area contributed by atoms with Crippen LogP contribution in [0.2, 0.25) is 54.4 Å². The van der Waals surface area contributed by atoms with Crippen LogP contribution in [0.1, 0.15) is 73.4 Å². The van der Waals surface area contributed by atoms with Gasteiger partial charge in [0.1, 0.15) is 5.75 Å². The number of hydrogen-bond acceptors (Lipinski definition) is 5. The van der Waals surface area contributed by atoms with Crippen LogP contribution in [-0.2, 0) is 20.6 Å². The number of carbonyl (C=O) groups is 2. The molecule has 0 spiro atoms. The molecule has 0 bridgehead atoms. The van der Waals surface area contributed by atoms with Gasteiger partial charge in [-0.1, -0.05) is 81.5 Å². The second kappa shape index (κ2) is 12.2. The maximum Gasteiger partial charge on any atom is 0.260 e. The van der Waals surface area contributed by atoms with Gasteiger partial charge in [-0.15, -0.1) is 0 Å². The Hall–Kier alpha value is -2.32. The maximum absolute atomic E-state index is 14.5. The van der Waals surface area contributed by atoms with E-state index in [4.69, 9.17) is 13.8 Å². The number of aromatic amines is 1. The van der Waals surface area contributed by atoms with Crippen molar-refractivity contribution in [3.63, 3.8) is 0 Å². The molecule has 1 aliphatic heterocycles. The smallest absolute Gasteiger partial charge is 0.260 e. The average Bonchev–Trinajstić information content (AvgIpc) is 3.38. The number of aromatic nitrogens is 2. The molecule has 0 saturated carbocycles. The van der Waals surface area contributed by atoms with E-state index in [0.29, 0.717) is 29.1 Å². The summed E-state index contributed by atoms with van der Waals surface area (Å²) in [6, 6.07) is 9.98. The van der Waals surface area contributed by atoms with Gasteiger partial charge in [0.05, 0.1) is 28.1 Å². The van der Waals surface area contributed by atoms with Crippen molar-refractivity contribution in [3.05, 3.63) is 52.1 Å². The van der Waals surface area contributed by atoms with Crippen LogP contribution in [0.3, 0.4) is 0 Å². The van der Waals surface area contributed by atoms with Gasteiger partial charge in [-0.3, -0.25) is 14.6 Å². The molecule has 256 valence electrons. The fourth-order valence-electron chi connectivity index (χ4n) is 4.83. The predicted octanol–water partition coefficient (Wildman–Crippen LogP) is 10.6. The van der Waals surface area contributed by atoms with Crippen LogP contribution >= 0.6 is 15.9 Å². The number of amides is 2. The Morgan fingerprint density at radius 1 is 0.809 bits per heavy atom. The van der Waals surface area contributed by atoms with Crippen LogP contribution in [0.5, 0.6) is 5.75 Å². The Labute approximate surface area is 293 Å². The number of rotatable bonds is 8. The molecule has 1 N–H and O–H groups in total. The summed E-state index contributed by atoms with van der Waals surface area (Å²) in [6.07, 6.45) is 1.84. The highest BCUT2D eigenvalue weighted by Gasteiger charge is 2.52. The molecule has 0 fully saturated rings. The van der Waals surface area contributed by atoms with Crippen molar-refractivity contribution < 1.29 is 18.4 Å². The van der Waals surface area contributed by atoms with Gasteiger partial charge in [-0.05, 0) is 87.1 Å². The fraction of sp³-hybridized carbons (Fsp3) is 0.528. The lowest BCUT2D eigenvalue weighted by Gasteiger charge is -2.42. The number of nitrogens with one attached hydrogen (secondary N) is 1. The molecule has 3 aromatic rings. The molecule has 0 aliphatic carbocycles. The van der Waals surface area contributed by atoms with Crippen molar-refractivity contribution in [1.82, 2.24) is 14.5 Å². The number of carbonyl (C=O) groups excluding carboxylic acids is 2. The fourth-order valence-corrected chi connectivity index (χ4v) is 9.44. The molecule has 11 heteroatoms. The van der Waals surface area contributed by atoms with Crippen LogP contribution in [0.15, 0.2) is 41.0 Å². The van der Waals surface area contributed by atoms with E-state index in [1.54, 1.807) is 4.57 Å². The molecule has 4 rings (SSSR count). The summed E-state index contributed by atoms with van der Waals surface area (Å²) in [5.41, 5.74) is 4.20. The Bertz CT molecular complexity index is 1740. The van der Waals surface area contributed by atoms with Crippen LogP contribution in [0.4, 0.5) is 0 Å². The highest BCUT2D eigenvalue weighted by molar-refractivity contribution is 9.12. The van der Waals surface area contributed by atoms with Gasteiger partial charge in [0.15, 0.2) is 16.6 Å².